The summed E-state index contributed by atoms with van der Waals surface area (Å²) in [5, 5.41) is 0. The predicted molar refractivity (Wildman–Crippen MR) is 279 cm³/mol. The van der Waals surface area contributed by atoms with E-state index < -0.39 is 6.10 Å². The number of esters is 3. The highest BCUT2D eigenvalue weighted by Crippen LogP contribution is 2.13. The first kappa shape index (κ1) is 61.3. The fraction of sp³-hybridized carbons (Fsp3) is 0.678. The highest BCUT2D eigenvalue weighted by molar-refractivity contribution is 5.71. The lowest BCUT2D eigenvalue weighted by Gasteiger charge is -2.18. The molecule has 0 aliphatic heterocycles. The molecule has 0 aromatic heterocycles. The Morgan fingerprint density at radius 2 is 0.646 bits per heavy atom. The molecule has 0 N–H and O–H groups in total. The van der Waals surface area contributed by atoms with Gasteiger partial charge < -0.3 is 14.2 Å². The molecular formula is C59H98O6. The standard InChI is InChI=1S/C59H98O6/c1-4-7-10-13-16-19-22-25-27-29-31-34-37-40-43-46-49-52-58(61)64-55-56(54-63-57(60)51-48-45-42-39-36-33-24-21-18-15-12-9-6-3)65-59(62)53-50-47-44-41-38-35-32-30-28-26-23-20-17-14-11-8-5-2/h7,10,16,19,25-28,31,33-34,36,40,42-43,45,56H,4-6,8-9,11-15,17-18,20-24,29-30,32,35,37-39,41,44,46-55H2,1-3H3/b10-7-,19-16-,27-25-,28-26-,34-31-,36-33-,43-40-,45-42-. The molecule has 0 bridgehead atoms. The first-order valence-electron chi connectivity index (χ1n) is 26.7. The van der Waals surface area contributed by atoms with E-state index in [0.29, 0.717) is 19.3 Å². The minimum atomic E-state index is -0.825. The van der Waals surface area contributed by atoms with Gasteiger partial charge in [-0.15, -0.1) is 0 Å². The number of rotatable bonds is 47. The van der Waals surface area contributed by atoms with Crippen LogP contribution in [0.5, 0.6) is 0 Å². The van der Waals surface area contributed by atoms with Gasteiger partial charge in [-0.05, 0) is 103 Å². The molecule has 6 heteroatoms. The number of unbranched alkanes of at least 4 members (excludes halogenated alkanes) is 20. The normalized spacial score (nSPS) is 12.8. The van der Waals surface area contributed by atoms with Crippen LogP contribution in [0.15, 0.2) is 97.2 Å². The average molecular weight is 903 g/mol. The molecule has 0 saturated heterocycles. The van der Waals surface area contributed by atoms with Gasteiger partial charge in [-0.3, -0.25) is 14.4 Å². The van der Waals surface area contributed by atoms with Crippen molar-refractivity contribution in [2.45, 2.75) is 245 Å². The van der Waals surface area contributed by atoms with Crippen molar-refractivity contribution in [2.24, 2.45) is 0 Å². The molecule has 0 heterocycles. The Morgan fingerprint density at radius 3 is 1.09 bits per heavy atom. The molecule has 1 atom stereocenters. The summed E-state index contributed by atoms with van der Waals surface area (Å²) in [6.45, 7) is 6.40. The van der Waals surface area contributed by atoms with E-state index in [0.717, 1.165) is 70.6 Å². The van der Waals surface area contributed by atoms with Crippen LogP contribution < -0.4 is 0 Å². The number of hydrogen-bond acceptors (Lipinski definition) is 6. The lowest BCUT2D eigenvalue weighted by molar-refractivity contribution is -0.166. The summed E-state index contributed by atoms with van der Waals surface area (Å²) in [5.74, 6) is -1.05. The lowest BCUT2D eigenvalue weighted by Crippen LogP contribution is -2.30. The third kappa shape index (κ3) is 51.2. The molecule has 0 fully saturated rings. The van der Waals surface area contributed by atoms with Crippen molar-refractivity contribution in [1.29, 1.82) is 0 Å². The predicted octanol–water partition coefficient (Wildman–Crippen LogP) is 17.8. The Balaban J connectivity index is 4.54. The van der Waals surface area contributed by atoms with E-state index in [-0.39, 0.29) is 44.0 Å². The number of carbonyl (C=O) groups is 3. The third-order valence-corrected chi connectivity index (χ3v) is 11.1. The second-order valence-corrected chi connectivity index (χ2v) is 17.4. The monoisotopic (exact) mass is 903 g/mol. The molecule has 0 aliphatic carbocycles. The van der Waals surface area contributed by atoms with Crippen molar-refractivity contribution in [3.63, 3.8) is 0 Å². The Morgan fingerprint density at radius 1 is 0.323 bits per heavy atom. The van der Waals surface area contributed by atoms with Crippen molar-refractivity contribution < 1.29 is 28.6 Å². The van der Waals surface area contributed by atoms with Gasteiger partial charge in [0.2, 0.25) is 0 Å². The van der Waals surface area contributed by atoms with Crippen LogP contribution >= 0.6 is 0 Å². The molecule has 65 heavy (non-hydrogen) atoms. The highest BCUT2D eigenvalue weighted by Gasteiger charge is 2.19. The molecule has 0 aromatic carbocycles. The van der Waals surface area contributed by atoms with Gasteiger partial charge in [0, 0.05) is 19.3 Å². The minimum Gasteiger partial charge on any atom is -0.462 e. The summed E-state index contributed by atoms with van der Waals surface area (Å²) in [6, 6.07) is 0. The molecule has 0 amide bonds. The maximum atomic E-state index is 12.8. The second kappa shape index (κ2) is 52.9. The van der Waals surface area contributed by atoms with Gasteiger partial charge in [0.05, 0.1) is 0 Å². The summed E-state index contributed by atoms with van der Waals surface area (Å²) < 4.78 is 16.7. The number of carbonyl (C=O) groups excluding carboxylic acids is 3. The van der Waals surface area contributed by atoms with Crippen LogP contribution in [-0.2, 0) is 28.6 Å². The van der Waals surface area contributed by atoms with E-state index in [1.807, 2.05) is 6.08 Å². The van der Waals surface area contributed by atoms with E-state index in [1.165, 1.54) is 116 Å². The van der Waals surface area contributed by atoms with Crippen LogP contribution in [0.4, 0.5) is 0 Å². The second-order valence-electron chi connectivity index (χ2n) is 17.4. The number of allylic oxidation sites excluding steroid dienone is 16. The van der Waals surface area contributed by atoms with Crippen molar-refractivity contribution in [1.82, 2.24) is 0 Å². The summed E-state index contributed by atoms with van der Waals surface area (Å²) in [5.41, 5.74) is 0. The molecule has 0 aliphatic rings. The van der Waals surface area contributed by atoms with Gasteiger partial charge in [0.25, 0.3) is 0 Å². The van der Waals surface area contributed by atoms with Gasteiger partial charge in [0.15, 0.2) is 6.10 Å². The van der Waals surface area contributed by atoms with Crippen LogP contribution in [0, 0.1) is 0 Å². The van der Waals surface area contributed by atoms with Crippen molar-refractivity contribution in [3.05, 3.63) is 97.2 Å². The average Bonchev–Trinajstić information content (AvgIpc) is 3.30. The van der Waals surface area contributed by atoms with Crippen molar-refractivity contribution >= 4 is 17.9 Å². The maximum absolute atomic E-state index is 12.8. The molecular weight excluding hydrogens is 805 g/mol. The van der Waals surface area contributed by atoms with Crippen LogP contribution in [0.2, 0.25) is 0 Å². The first-order chi connectivity index (χ1) is 32.0. The van der Waals surface area contributed by atoms with E-state index in [9.17, 15) is 14.4 Å². The SMILES string of the molecule is CC/C=C\C/C=C\C/C=C\C/C=C\C/C=C\CCCC(=O)OCC(COC(=O)CC/C=C\C/C=C\CCCCCCCC)OC(=O)CCCCCCCCC/C=C\CCCCCCCC. The van der Waals surface area contributed by atoms with Crippen LogP contribution in [0.25, 0.3) is 0 Å². The minimum absolute atomic E-state index is 0.126. The molecule has 0 rings (SSSR count). The first-order valence-corrected chi connectivity index (χ1v) is 26.7. The highest BCUT2D eigenvalue weighted by atomic mass is 16.6. The quantitative estimate of drug-likeness (QED) is 0.0262. The van der Waals surface area contributed by atoms with E-state index in [1.54, 1.807) is 0 Å². The van der Waals surface area contributed by atoms with Crippen LogP contribution in [0.1, 0.15) is 239 Å². The van der Waals surface area contributed by atoms with Crippen molar-refractivity contribution in [2.75, 3.05) is 13.2 Å². The Labute approximate surface area is 400 Å². The van der Waals surface area contributed by atoms with Gasteiger partial charge in [-0.1, -0.05) is 214 Å². The van der Waals surface area contributed by atoms with Gasteiger partial charge >= 0.3 is 17.9 Å². The van der Waals surface area contributed by atoms with Crippen LogP contribution in [0.3, 0.4) is 0 Å². The van der Waals surface area contributed by atoms with E-state index in [2.05, 4.69) is 112 Å². The molecule has 370 valence electrons. The summed E-state index contributed by atoms with van der Waals surface area (Å²) >= 11 is 0. The molecule has 0 aromatic rings. The zero-order chi connectivity index (χ0) is 47.2. The van der Waals surface area contributed by atoms with E-state index in [4.69, 9.17) is 14.2 Å². The number of hydrogen-bond donors (Lipinski definition) is 0. The van der Waals surface area contributed by atoms with Gasteiger partial charge in [0.1, 0.15) is 13.2 Å². The molecule has 6 nitrogen and oxygen atoms in total. The smallest absolute Gasteiger partial charge is 0.306 e. The summed E-state index contributed by atoms with van der Waals surface area (Å²) in [7, 11) is 0. The zero-order valence-electron chi connectivity index (χ0n) is 42.2. The Hall–Kier alpha value is -3.67. The maximum Gasteiger partial charge on any atom is 0.306 e. The fourth-order valence-electron chi connectivity index (χ4n) is 7.05. The zero-order valence-corrected chi connectivity index (χ0v) is 42.2. The van der Waals surface area contributed by atoms with Crippen molar-refractivity contribution in [3.8, 4) is 0 Å². The lowest BCUT2D eigenvalue weighted by atomic mass is 10.1. The largest absolute Gasteiger partial charge is 0.462 e. The van der Waals surface area contributed by atoms with Crippen LogP contribution in [-0.4, -0.2) is 37.2 Å². The topological polar surface area (TPSA) is 78.9 Å². The summed E-state index contributed by atoms with van der Waals surface area (Å²) in [6.07, 6.45) is 69.8. The summed E-state index contributed by atoms with van der Waals surface area (Å²) in [4.78, 5) is 38.0. The molecule has 0 saturated carbocycles. The molecule has 0 radical (unpaired) electrons. The third-order valence-electron chi connectivity index (χ3n) is 11.1. The molecule has 1 unspecified atom stereocenters. The molecule has 0 spiro atoms. The Kier molecular flexibility index (Phi) is 50.0. The Bertz CT molecular complexity index is 1310. The van der Waals surface area contributed by atoms with Gasteiger partial charge in [-0.25, -0.2) is 0 Å². The van der Waals surface area contributed by atoms with Gasteiger partial charge in [-0.2, -0.15) is 0 Å². The van der Waals surface area contributed by atoms with E-state index >= 15 is 0 Å². The fourth-order valence-corrected chi connectivity index (χ4v) is 7.05. The number of ether oxygens (including phenoxy) is 3.